The molecule has 3 rings (SSSR count). The van der Waals surface area contributed by atoms with Gasteiger partial charge in [0.25, 0.3) is 0 Å². The number of nitrogens with zero attached hydrogens (tertiary/aromatic N) is 2. The van der Waals surface area contributed by atoms with Crippen molar-refractivity contribution in [2.75, 3.05) is 5.75 Å². The number of aromatic amines is 2. The van der Waals surface area contributed by atoms with Crippen LogP contribution in [0.15, 0.2) is 40.1 Å². The number of carbonyl (C=O) groups is 1. The lowest BCUT2D eigenvalue weighted by molar-refractivity contribution is 0.102. The summed E-state index contributed by atoms with van der Waals surface area (Å²) in [7, 11) is 0. The van der Waals surface area contributed by atoms with Crippen LogP contribution in [0.1, 0.15) is 10.4 Å². The smallest absolute Gasteiger partial charge is 0.173 e. The van der Waals surface area contributed by atoms with E-state index in [1.807, 2.05) is 12.1 Å². The van der Waals surface area contributed by atoms with Crippen LogP contribution in [-0.4, -0.2) is 31.7 Å². The molecule has 0 amide bonds. The lowest BCUT2D eigenvalue weighted by atomic mass is 10.2. The van der Waals surface area contributed by atoms with Gasteiger partial charge in [0.05, 0.1) is 12.1 Å². The fourth-order valence-corrected chi connectivity index (χ4v) is 3.11. The van der Waals surface area contributed by atoms with Gasteiger partial charge in [-0.2, -0.15) is 5.10 Å². The van der Waals surface area contributed by atoms with Gasteiger partial charge in [-0.25, -0.2) is 4.98 Å². The number of rotatable bonds is 4. The van der Waals surface area contributed by atoms with E-state index in [1.54, 1.807) is 18.5 Å². The number of nitrogens with one attached hydrogen (secondary N) is 2. The van der Waals surface area contributed by atoms with E-state index in [4.69, 9.17) is 12.2 Å². The molecule has 5 nitrogen and oxygen atoms in total. The van der Waals surface area contributed by atoms with Crippen LogP contribution in [0.2, 0.25) is 0 Å². The molecule has 2 N–H and O–H groups in total. The summed E-state index contributed by atoms with van der Waals surface area (Å²) in [6.45, 7) is 0. The summed E-state index contributed by atoms with van der Waals surface area (Å²) in [5, 5.41) is 7.59. The van der Waals surface area contributed by atoms with Gasteiger partial charge in [-0.3, -0.25) is 9.89 Å². The number of benzene rings is 1. The zero-order chi connectivity index (χ0) is 14.8. The van der Waals surface area contributed by atoms with Crippen molar-refractivity contribution in [3.05, 3.63) is 45.3 Å². The Hall–Kier alpha value is -1.51. The number of ketones is 1. The topological polar surface area (TPSA) is 74.4 Å². The van der Waals surface area contributed by atoms with E-state index in [0.717, 1.165) is 9.99 Å². The van der Waals surface area contributed by atoms with Gasteiger partial charge in [0.1, 0.15) is 20.7 Å². The maximum Gasteiger partial charge on any atom is 0.173 e. The van der Waals surface area contributed by atoms with Crippen molar-refractivity contribution in [2.45, 2.75) is 5.03 Å². The van der Waals surface area contributed by atoms with Crippen molar-refractivity contribution < 1.29 is 4.79 Å². The van der Waals surface area contributed by atoms with E-state index in [0.29, 0.717) is 26.5 Å². The largest absolute Gasteiger partial charge is 0.342 e. The molecule has 0 bridgehead atoms. The normalized spacial score (nSPS) is 10.9. The summed E-state index contributed by atoms with van der Waals surface area (Å²) in [6.07, 6.45) is 1.57. The number of aromatic nitrogens is 4. The molecule has 0 radical (unpaired) electrons. The SMILES string of the molecule is O=C(CSc1n[nH]c(=S)c2nc[nH]c12)c1ccc(Br)cc1. The quantitative estimate of drug-likeness (QED) is 0.409. The summed E-state index contributed by atoms with van der Waals surface area (Å²) in [6, 6.07) is 7.29. The number of H-pyrrole nitrogens is 2. The minimum absolute atomic E-state index is 0.0458. The Balaban J connectivity index is 1.79. The first-order chi connectivity index (χ1) is 10.1. The predicted octanol–water partition coefficient (Wildman–Crippen LogP) is 3.75. The molecule has 0 aliphatic heterocycles. The lowest BCUT2D eigenvalue weighted by Crippen LogP contribution is -2.02. The Bertz CT molecular complexity index is 856. The monoisotopic (exact) mass is 380 g/mol. The van der Waals surface area contributed by atoms with E-state index in [1.165, 1.54) is 11.8 Å². The number of carbonyl (C=O) groups excluding carboxylic acids is 1. The molecule has 0 aliphatic carbocycles. The highest BCUT2D eigenvalue weighted by atomic mass is 79.9. The first-order valence-electron chi connectivity index (χ1n) is 5.98. The van der Waals surface area contributed by atoms with Crippen LogP contribution in [0.4, 0.5) is 0 Å². The third kappa shape index (κ3) is 3.07. The van der Waals surface area contributed by atoms with Crippen molar-refractivity contribution in [3.8, 4) is 0 Å². The zero-order valence-corrected chi connectivity index (χ0v) is 13.8. The Kier molecular flexibility index (Phi) is 4.18. The van der Waals surface area contributed by atoms with Gasteiger partial charge in [0.2, 0.25) is 0 Å². The maximum atomic E-state index is 12.2. The molecule has 0 fully saturated rings. The van der Waals surface area contributed by atoms with Crippen LogP contribution >= 0.6 is 39.9 Å². The van der Waals surface area contributed by atoms with Gasteiger partial charge >= 0.3 is 0 Å². The van der Waals surface area contributed by atoms with E-state index in [-0.39, 0.29) is 5.78 Å². The highest BCUT2D eigenvalue weighted by Gasteiger charge is 2.11. The molecule has 0 unspecified atom stereocenters. The van der Waals surface area contributed by atoms with E-state index in [2.05, 4.69) is 36.1 Å². The number of fused-ring (bicyclic) bond motifs is 1. The standard InChI is InChI=1S/C13H9BrN4OS2/c14-8-3-1-7(2-4-8)9(19)5-21-13-11-10(15-6-16-11)12(20)17-18-13/h1-4,6H,5H2,(H,15,16)(H,17,20). The van der Waals surface area contributed by atoms with E-state index in [9.17, 15) is 4.79 Å². The van der Waals surface area contributed by atoms with Gasteiger partial charge in [-0.1, -0.05) is 52.0 Å². The number of halogens is 1. The van der Waals surface area contributed by atoms with Crippen molar-refractivity contribution in [2.24, 2.45) is 0 Å². The maximum absolute atomic E-state index is 12.2. The molecule has 0 spiro atoms. The lowest BCUT2D eigenvalue weighted by Gasteiger charge is -2.02. The van der Waals surface area contributed by atoms with Crippen molar-refractivity contribution in [3.63, 3.8) is 0 Å². The second-order valence-corrected chi connectivity index (χ2v) is 6.49. The van der Waals surface area contributed by atoms with Gasteiger partial charge in [0.15, 0.2) is 5.78 Å². The summed E-state index contributed by atoms with van der Waals surface area (Å²) < 4.78 is 1.43. The molecule has 2 heterocycles. The molecule has 3 aromatic rings. The number of hydrogen-bond acceptors (Lipinski definition) is 5. The first-order valence-corrected chi connectivity index (χ1v) is 8.17. The molecule has 106 valence electrons. The molecule has 1 aromatic carbocycles. The summed E-state index contributed by atoms with van der Waals surface area (Å²) >= 11 is 9.81. The van der Waals surface area contributed by atoms with Crippen molar-refractivity contribution in [1.29, 1.82) is 0 Å². The summed E-state index contributed by atoms with van der Waals surface area (Å²) in [4.78, 5) is 19.3. The predicted molar refractivity (Wildman–Crippen MR) is 88.3 cm³/mol. The average molecular weight is 381 g/mol. The molecule has 0 saturated heterocycles. The third-order valence-electron chi connectivity index (χ3n) is 2.83. The van der Waals surface area contributed by atoms with Gasteiger partial charge < -0.3 is 4.98 Å². The molecule has 0 saturated carbocycles. The van der Waals surface area contributed by atoms with Crippen LogP contribution in [0, 0.1) is 4.64 Å². The van der Waals surface area contributed by atoms with Crippen LogP contribution in [-0.2, 0) is 0 Å². The summed E-state index contributed by atoms with van der Waals surface area (Å²) in [5.41, 5.74) is 2.10. The van der Waals surface area contributed by atoms with Crippen molar-refractivity contribution >= 4 is 56.7 Å². The highest BCUT2D eigenvalue weighted by molar-refractivity contribution is 9.10. The van der Waals surface area contributed by atoms with Crippen LogP contribution in [0.5, 0.6) is 0 Å². The molecule has 0 aliphatic rings. The van der Waals surface area contributed by atoms with Gasteiger partial charge in [-0.05, 0) is 12.1 Å². The molecule has 8 heteroatoms. The number of imidazole rings is 1. The minimum Gasteiger partial charge on any atom is -0.342 e. The number of thioether (sulfide) groups is 1. The average Bonchev–Trinajstić information content (AvgIpc) is 2.97. The highest BCUT2D eigenvalue weighted by Crippen LogP contribution is 2.24. The van der Waals surface area contributed by atoms with Gasteiger partial charge in [-0.15, -0.1) is 0 Å². The molecule has 2 aromatic heterocycles. The van der Waals surface area contributed by atoms with E-state index < -0.39 is 0 Å². The zero-order valence-electron chi connectivity index (χ0n) is 10.6. The third-order valence-corrected chi connectivity index (χ3v) is 4.62. The number of Topliss-reactive ketones (excluding diaryl/α,β-unsaturated/α-hetero) is 1. The summed E-state index contributed by atoms with van der Waals surface area (Å²) in [5.74, 6) is 0.345. The van der Waals surface area contributed by atoms with Crippen LogP contribution in [0.25, 0.3) is 11.0 Å². The number of hydrogen-bond donors (Lipinski definition) is 2. The van der Waals surface area contributed by atoms with Crippen LogP contribution in [0.3, 0.4) is 0 Å². The first kappa shape index (κ1) is 14.4. The Morgan fingerprint density at radius 3 is 2.86 bits per heavy atom. The fourth-order valence-electron chi connectivity index (χ4n) is 1.80. The second-order valence-electron chi connectivity index (χ2n) is 4.20. The molecular weight excluding hydrogens is 372 g/mol. The second kappa shape index (κ2) is 6.08. The molecule has 0 atom stereocenters. The van der Waals surface area contributed by atoms with Crippen molar-refractivity contribution in [1.82, 2.24) is 20.2 Å². The molecular formula is C13H9BrN4OS2. The molecule has 21 heavy (non-hydrogen) atoms. The minimum atomic E-state index is 0.0458. The van der Waals surface area contributed by atoms with E-state index >= 15 is 0 Å². The Morgan fingerprint density at radius 1 is 1.33 bits per heavy atom. The van der Waals surface area contributed by atoms with Gasteiger partial charge in [0, 0.05) is 10.0 Å². The Morgan fingerprint density at radius 2 is 2.10 bits per heavy atom. The Labute approximate surface area is 137 Å². The fraction of sp³-hybridized carbons (Fsp3) is 0.0769. The van der Waals surface area contributed by atoms with Crippen LogP contribution < -0.4 is 0 Å².